The Morgan fingerprint density at radius 1 is 1.10 bits per heavy atom. The number of ketones is 1. The van der Waals surface area contributed by atoms with E-state index < -0.39 is 11.4 Å². The zero-order valence-electron chi connectivity index (χ0n) is 16.9. The monoisotopic (exact) mass is 480 g/mol. The molecule has 0 unspecified atom stereocenters. The predicted octanol–water partition coefficient (Wildman–Crippen LogP) is 6.25. The second-order valence-corrected chi connectivity index (χ2v) is 8.56. The number of anilines is 2. The maximum atomic E-state index is 13.5. The molecular weight excluding hydrogens is 463 g/mol. The first-order chi connectivity index (χ1) is 14.6. The molecule has 6 nitrogen and oxygen atoms in total. The number of methoxy groups -OCH3 is 1. The molecule has 0 radical (unpaired) electrons. The number of hydrogen-bond donors (Lipinski definition) is 2. The number of carbonyl (C=O) groups excluding carboxylic acids is 2. The van der Waals surface area contributed by atoms with Crippen molar-refractivity contribution in [1.82, 2.24) is 4.98 Å². The Hall–Kier alpha value is -2.54. The number of pyridine rings is 1. The van der Waals surface area contributed by atoms with Gasteiger partial charge in [-0.2, -0.15) is 0 Å². The van der Waals surface area contributed by atoms with Gasteiger partial charge in [0.1, 0.15) is 11.4 Å². The maximum Gasteiger partial charge on any atom is 0.338 e. The third-order valence-corrected chi connectivity index (χ3v) is 5.44. The van der Waals surface area contributed by atoms with Crippen LogP contribution in [0, 0.1) is 5.92 Å². The Kier molecular flexibility index (Phi) is 6.94. The summed E-state index contributed by atoms with van der Waals surface area (Å²) in [6.45, 7) is 3.74. The van der Waals surface area contributed by atoms with E-state index in [9.17, 15) is 14.4 Å². The average molecular weight is 482 g/mol. The molecule has 2 N–H and O–H groups in total. The number of fused-ring (bicyclic) bond motifs is 1. The minimum Gasteiger partial charge on any atom is -0.465 e. The molecule has 1 aromatic heterocycles. The van der Waals surface area contributed by atoms with Gasteiger partial charge in [0.15, 0.2) is 5.78 Å². The number of carbonyl (C=O) groups is 2. The van der Waals surface area contributed by atoms with Crippen molar-refractivity contribution in [3.05, 3.63) is 66.7 Å². The molecule has 162 valence electrons. The van der Waals surface area contributed by atoms with E-state index in [0.717, 1.165) is 0 Å². The van der Waals surface area contributed by atoms with Crippen LogP contribution in [0.3, 0.4) is 0 Å². The molecule has 0 amide bonds. The molecule has 0 saturated heterocycles. The van der Waals surface area contributed by atoms with Crippen molar-refractivity contribution in [2.75, 3.05) is 12.4 Å². The number of aromatic amines is 1. The topological polar surface area (TPSA) is 88.3 Å². The molecule has 0 atom stereocenters. The molecule has 0 fully saturated rings. The van der Waals surface area contributed by atoms with Gasteiger partial charge in [0.05, 0.1) is 39.3 Å². The summed E-state index contributed by atoms with van der Waals surface area (Å²) in [7, 11) is 1.21. The molecule has 1 heterocycles. The van der Waals surface area contributed by atoms with Crippen molar-refractivity contribution >= 4 is 69.0 Å². The van der Waals surface area contributed by atoms with Crippen LogP contribution >= 0.6 is 34.8 Å². The van der Waals surface area contributed by atoms with E-state index in [1.54, 1.807) is 12.1 Å². The lowest BCUT2D eigenvalue weighted by Crippen LogP contribution is -2.22. The van der Waals surface area contributed by atoms with Gasteiger partial charge in [-0.05, 0) is 36.2 Å². The summed E-state index contributed by atoms with van der Waals surface area (Å²) in [6, 6.07) is 7.64. The van der Waals surface area contributed by atoms with E-state index >= 15 is 0 Å². The number of aromatic nitrogens is 1. The largest absolute Gasteiger partial charge is 0.465 e. The summed E-state index contributed by atoms with van der Waals surface area (Å²) in [6.07, 6.45) is 0.131. The minimum absolute atomic E-state index is 0.00834. The molecule has 31 heavy (non-hydrogen) atoms. The molecule has 0 bridgehead atoms. The van der Waals surface area contributed by atoms with Crippen LogP contribution < -0.4 is 10.7 Å². The Balaban J connectivity index is 2.34. The lowest BCUT2D eigenvalue weighted by molar-refractivity contribution is 0.0602. The van der Waals surface area contributed by atoms with Crippen LogP contribution in [-0.2, 0) is 4.74 Å². The Bertz CT molecular complexity index is 1250. The summed E-state index contributed by atoms with van der Waals surface area (Å²) >= 11 is 18.5. The van der Waals surface area contributed by atoms with Crippen molar-refractivity contribution in [2.24, 2.45) is 5.92 Å². The summed E-state index contributed by atoms with van der Waals surface area (Å²) in [5.41, 5.74) is -0.115. The van der Waals surface area contributed by atoms with Gasteiger partial charge in [0, 0.05) is 11.4 Å². The van der Waals surface area contributed by atoms with Gasteiger partial charge < -0.3 is 15.0 Å². The highest BCUT2D eigenvalue weighted by Crippen LogP contribution is 2.32. The molecule has 9 heteroatoms. The van der Waals surface area contributed by atoms with E-state index in [0.29, 0.717) is 15.7 Å². The van der Waals surface area contributed by atoms with Crippen LogP contribution in [0.2, 0.25) is 15.1 Å². The van der Waals surface area contributed by atoms with E-state index in [-0.39, 0.29) is 51.0 Å². The van der Waals surface area contributed by atoms with Crippen LogP contribution in [0.25, 0.3) is 10.9 Å². The first kappa shape index (κ1) is 23.1. The Morgan fingerprint density at radius 2 is 1.81 bits per heavy atom. The molecule has 0 aliphatic carbocycles. The molecule has 3 rings (SSSR count). The highest BCUT2D eigenvalue weighted by Gasteiger charge is 2.25. The summed E-state index contributed by atoms with van der Waals surface area (Å²) in [4.78, 5) is 41.8. The van der Waals surface area contributed by atoms with E-state index in [4.69, 9.17) is 39.5 Å². The van der Waals surface area contributed by atoms with E-state index in [2.05, 4.69) is 10.3 Å². The highest BCUT2D eigenvalue weighted by atomic mass is 35.5. The van der Waals surface area contributed by atoms with Crippen molar-refractivity contribution in [3.8, 4) is 0 Å². The molecular formula is C22H19Cl3N2O4. The van der Waals surface area contributed by atoms with Crippen LogP contribution in [0.1, 0.15) is 41.0 Å². The molecule has 0 saturated carbocycles. The quantitative estimate of drug-likeness (QED) is 0.321. The Morgan fingerprint density at radius 3 is 2.42 bits per heavy atom. The lowest BCUT2D eigenvalue weighted by atomic mass is 9.98. The number of ether oxygens (including phenoxy) is 1. The van der Waals surface area contributed by atoms with Gasteiger partial charge >= 0.3 is 5.97 Å². The fraction of sp³-hybridized carbons (Fsp3) is 0.227. The number of hydrogen-bond acceptors (Lipinski definition) is 5. The zero-order chi connectivity index (χ0) is 22.9. The first-order valence-electron chi connectivity index (χ1n) is 9.36. The zero-order valence-corrected chi connectivity index (χ0v) is 19.2. The fourth-order valence-corrected chi connectivity index (χ4v) is 3.86. The minimum atomic E-state index is -0.712. The van der Waals surface area contributed by atoms with Crippen molar-refractivity contribution in [2.45, 2.75) is 20.3 Å². The summed E-state index contributed by atoms with van der Waals surface area (Å²) in [5.74, 6) is -0.970. The van der Waals surface area contributed by atoms with Crippen molar-refractivity contribution < 1.29 is 14.3 Å². The standard InChI is InChI=1S/C22H19Cl3N2O4/c1-10(2)8-16(28)18-20(29)17-12(22(30)31-3)5-6-13(24)19(17)27-21(18)26-15-7-4-11(23)9-14(15)25/h4-7,9-10H,8H2,1-3H3,(H2,26,27,29). The number of halogens is 3. The third-order valence-electron chi connectivity index (χ3n) is 4.58. The molecule has 0 aliphatic rings. The molecule has 0 aliphatic heterocycles. The second kappa shape index (κ2) is 9.30. The highest BCUT2D eigenvalue weighted by molar-refractivity contribution is 6.37. The van der Waals surface area contributed by atoms with Gasteiger partial charge in [-0.15, -0.1) is 0 Å². The number of H-pyrrole nitrogens is 1. The normalized spacial score (nSPS) is 11.1. The van der Waals surface area contributed by atoms with Crippen LogP contribution in [0.15, 0.2) is 35.1 Å². The number of benzene rings is 2. The lowest BCUT2D eigenvalue weighted by Gasteiger charge is -2.16. The van der Waals surface area contributed by atoms with Crippen LogP contribution in [0.5, 0.6) is 0 Å². The van der Waals surface area contributed by atoms with E-state index in [1.165, 1.54) is 25.3 Å². The van der Waals surface area contributed by atoms with Gasteiger partial charge in [-0.25, -0.2) is 4.79 Å². The second-order valence-electron chi connectivity index (χ2n) is 7.31. The Labute approximate surface area is 193 Å². The number of Topliss-reactive ketones (excluding diaryl/α,β-unsaturated/α-hetero) is 1. The van der Waals surface area contributed by atoms with E-state index in [1.807, 2.05) is 13.8 Å². The fourth-order valence-electron chi connectivity index (χ4n) is 3.20. The van der Waals surface area contributed by atoms with Crippen molar-refractivity contribution in [1.29, 1.82) is 0 Å². The van der Waals surface area contributed by atoms with Gasteiger partial charge in [0.25, 0.3) is 0 Å². The van der Waals surface area contributed by atoms with Crippen LogP contribution in [-0.4, -0.2) is 23.8 Å². The summed E-state index contributed by atoms with van der Waals surface area (Å²) < 4.78 is 4.79. The predicted molar refractivity (Wildman–Crippen MR) is 124 cm³/mol. The molecule has 2 aromatic carbocycles. The summed E-state index contributed by atoms with van der Waals surface area (Å²) in [5, 5.41) is 3.92. The SMILES string of the molecule is COC(=O)c1ccc(Cl)c2[nH]c(Nc3ccc(Cl)cc3Cl)c(C(=O)CC(C)C)c(=O)c12. The molecule has 0 spiro atoms. The first-order valence-corrected chi connectivity index (χ1v) is 10.5. The van der Waals surface area contributed by atoms with Gasteiger partial charge in [-0.1, -0.05) is 48.7 Å². The third kappa shape index (κ3) is 4.71. The average Bonchev–Trinajstić information content (AvgIpc) is 2.69. The maximum absolute atomic E-state index is 13.5. The van der Waals surface area contributed by atoms with Gasteiger partial charge in [-0.3, -0.25) is 9.59 Å². The molecule has 3 aromatic rings. The number of nitrogens with one attached hydrogen (secondary N) is 2. The van der Waals surface area contributed by atoms with Crippen LogP contribution in [0.4, 0.5) is 11.5 Å². The smallest absolute Gasteiger partial charge is 0.338 e. The van der Waals surface area contributed by atoms with Crippen molar-refractivity contribution in [3.63, 3.8) is 0 Å². The van der Waals surface area contributed by atoms with Gasteiger partial charge in [0.2, 0.25) is 5.43 Å². The number of esters is 1. The number of rotatable bonds is 6.